The van der Waals surface area contributed by atoms with Crippen molar-refractivity contribution in [2.24, 2.45) is 0 Å². The second kappa shape index (κ2) is 10.1. The standard InChI is InChI=1S/C28H29N7O2/c1-17-12-18(2)26(19(3)13-17)31-24(27(36)37)14-20-8-10-21(11-9-20)35-16-30-25(34-35)15-29-28-32-22-6-4-5-7-23(22)33-28/h4-13,16,24,31H,14-15H2,1-3H3,(H,36,37)(H2,29,32,33). The zero-order valence-electron chi connectivity index (χ0n) is 21.0. The lowest BCUT2D eigenvalue weighted by Crippen LogP contribution is -2.32. The van der Waals surface area contributed by atoms with Crippen LogP contribution in [0.4, 0.5) is 11.6 Å². The fourth-order valence-electron chi connectivity index (χ4n) is 4.50. The van der Waals surface area contributed by atoms with Crippen LogP contribution in [0.5, 0.6) is 0 Å². The van der Waals surface area contributed by atoms with Gasteiger partial charge in [-0.3, -0.25) is 0 Å². The topological polar surface area (TPSA) is 121 Å². The molecule has 0 radical (unpaired) electrons. The van der Waals surface area contributed by atoms with Crippen molar-refractivity contribution in [3.8, 4) is 5.69 Å². The highest BCUT2D eigenvalue weighted by molar-refractivity contribution is 5.79. The molecular formula is C28H29N7O2. The van der Waals surface area contributed by atoms with Crippen molar-refractivity contribution in [2.75, 3.05) is 10.6 Å². The van der Waals surface area contributed by atoms with Gasteiger partial charge in [0.1, 0.15) is 12.4 Å². The van der Waals surface area contributed by atoms with Crippen molar-refractivity contribution < 1.29 is 9.90 Å². The van der Waals surface area contributed by atoms with Gasteiger partial charge in [0.2, 0.25) is 5.95 Å². The van der Waals surface area contributed by atoms with E-state index in [-0.39, 0.29) is 0 Å². The van der Waals surface area contributed by atoms with Gasteiger partial charge in [-0.25, -0.2) is 19.4 Å². The summed E-state index contributed by atoms with van der Waals surface area (Å²) in [7, 11) is 0. The molecule has 5 aromatic rings. The zero-order chi connectivity index (χ0) is 25.9. The molecule has 3 aromatic carbocycles. The molecule has 1 unspecified atom stereocenters. The maximum Gasteiger partial charge on any atom is 0.326 e. The molecule has 9 heteroatoms. The molecule has 0 aliphatic rings. The molecule has 2 aromatic heterocycles. The van der Waals surface area contributed by atoms with Gasteiger partial charge in [0.05, 0.1) is 23.3 Å². The van der Waals surface area contributed by atoms with Gasteiger partial charge in [0, 0.05) is 12.1 Å². The molecule has 1 atom stereocenters. The molecule has 0 bridgehead atoms. The van der Waals surface area contributed by atoms with Gasteiger partial charge in [0.25, 0.3) is 0 Å². The highest BCUT2D eigenvalue weighted by Crippen LogP contribution is 2.24. The molecule has 0 fully saturated rings. The maximum absolute atomic E-state index is 12.0. The molecule has 5 rings (SSSR count). The minimum absolute atomic E-state index is 0.354. The summed E-state index contributed by atoms with van der Waals surface area (Å²) in [6.07, 6.45) is 2.02. The van der Waals surface area contributed by atoms with Crippen molar-refractivity contribution in [1.82, 2.24) is 24.7 Å². The quantitative estimate of drug-likeness (QED) is 0.232. The molecule has 0 aliphatic carbocycles. The van der Waals surface area contributed by atoms with E-state index < -0.39 is 12.0 Å². The SMILES string of the molecule is Cc1cc(C)c(NC(Cc2ccc(-n3cnc(CNc4nc5ccccc5[nH]4)n3)cc2)C(=O)O)c(C)c1. The van der Waals surface area contributed by atoms with Gasteiger partial charge < -0.3 is 20.7 Å². The Morgan fingerprint density at radius 3 is 2.49 bits per heavy atom. The van der Waals surface area contributed by atoms with Crippen molar-refractivity contribution >= 4 is 28.6 Å². The third-order valence-corrected chi connectivity index (χ3v) is 6.28. The van der Waals surface area contributed by atoms with Crippen molar-refractivity contribution in [3.05, 3.63) is 95.1 Å². The highest BCUT2D eigenvalue weighted by atomic mass is 16.4. The van der Waals surface area contributed by atoms with E-state index >= 15 is 0 Å². The Balaban J connectivity index is 1.23. The Labute approximate surface area is 214 Å². The first-order chi connectivity index (χ1) is 17.9. The van der Waals surface area contributed by atoms with Gasteiger partial charge >= 0.3 is 5.97 Å². The second-order valence-electron chi connectivity index (χ2n) is 9.24. The summed E-state index contributed by atoms with van der Waals surface area (Å²) in [5.41, 5.74) is 7.73. The average molecular weight is 496 g/mol. The van der Waals surface area contributed by atoms with E-state index in [4.69, 9.17) is 0 Å². The predicted octanol–water partition coefficient (Wildman–Crippen LogP) is 4.79. The number of aryl methyl sites for hydroxylation is 3. The number of hydrogen-bond acceptors (Lipinski definition) is 6. The Hall–Kier alpha value is -4.66. The summed E-state index contributed by atoms with van der Waals surface area (Å²) in [6.45, 7) is 6.45. The predicted molar refractivity (Wildman–Crippen MR) is 144 cm³/mol. The molecule has 0 saturated heterocycles. The number of carbonyl (C=O) groups is 1. The number of rotatable bonds is 9. The Kier molecular flexibility index (Phi) is 6.59. The summed E-state index contributed by atoms with van der Waals surface area (Å²) in [5, 5.41) is 20.8. The van der Waals surface area contributed by atoms with E-state index in [1.165, 1.54) is 0 Å². The molecule has 37 heavy (non-hydrogen) atoms. The van der Waals surface area contributed by atoms with E-state index in [1.807, 2.05) is 69.3 Å². The Morgan fingerprint density at radius 2 is 1.78 bits per heavy atom. The zero-order valence-corrected chi connectivity index (χ0v) is 21.0. The van der Waals surface area contributed by atoms with Crippen LogP contribution in [-0.2, 0) is 17.8 Å². The normalized spacial score (nSPS) is 12.0. The van der Waals surface area contributed by atoms with E-state index in [0.29, 0.717) is 24.7 Å². The lowest BCUT2D eigenvalue weighted by atomic mass is 10.0. The number of para-hydroxylation sites is 2. The largest absolute Gasteiger partial charge is 0.480 e. The van der Waals surface area contributed by atoms with E-state index in [9.17, 15) is 9.90 Å². The summed E-state index contributed by atoms with van der Waals surface area (Å²) in [6, 6.07) is 18.9. The fourth-order valence-corrected chi connectivity index (χ4v) is 4.50. The van der Waals surface area contributed by atoms with Gasteiger partial charge in [-0.1, -0.05) is 42.0 Å². The van der Waals surface area contributed by atoms with Gasteiger partial charge in [0.15, 0.2) is 5.82 Å². The number of H-pyrrole nitrogens is 1. The summed E-state index contributed by atoms with van der Waals surface area (Å²) < 4.78 is 1.70. The number of imidazole rings is 1. The smallest absolute Gasteiger partial charge is 0.326 e. The molecule has 0 saturated carbocycles. The number of aromatic nitrogens is 5. The van der Waals surface area contributed by atoms with E-state index in [0.717, 1.165) is 44.7 Å². The molecule has 0 amide bonds. The van der Waals surface area contributed by atoms with Crippen LogP contribution in [-0.4, -0.2) is 41.9 Å². The van der Waals surface area contributed by atoms with Gasteiger partial charge in [-0.15, -0.1) is 5.10 Å². The van der Waals surface area contributed by atoms with Crippen LogP contribution >= 0.6 is 0 Å². The van der Waals surface area contributed by atoms with E-state index in [2.05, 4.69) is 42.8 Å². The minimum atomic E-state index is -0.888. The number of carboxylic acids is 1. The first-order valence-corrected chi connectivity index (χ1v) is 12.1. The molecule has 9 nitrogen and oxygen atoms in total. The third-order valence-electron chi connectivity index (χ3n) is 6.28. The number of carboxylic acid groups (broad SMARTS) is 1. The summed E-state index contributed by atoms with van der Waals surface area (Å²) in [5.74, 6) is 0.407. The number of aliphatic carboxylic acids is 1. The number of nitrogens with one attached hydrogen (secondary N) is 3. The molecular weight excluding hydrogens is 466 g/mol. The monoisotopic (exact) mass is 495 g/mol. The third kappa shape index (κ3) is 5.45. The Morgan fingerprint density at radius 1 is 1.05 bits per heavy atom. The first kappa shape index (κ1) is 24.1. The van der Waals surface area contributed by atoms with Crippen LogP contribution in [0, 0.1) is 20.8 Å². The molecule has 0 spiro atoms. The van der Waals surface area contributed by atoms with Crippen LogP contribution in [0.3, 0.4) is 0 Å². The number of fused-ring (bicyclic) bond motifs is 1. The number of benzene rings is 3. The van der Waals surface area contributed by atoms with E-state index in [1.54, 1.807) is 11.0 Å². The fraction of sp³-hybridized carbons (Fsp3) is 0.214. The van der Waals surface area contributed by atoms with Crippen molar-refractivity contribution in [3.63, 3.8) is 0 Å². The van der Waals surface area contributed by atoms with Gasteiger partial charge in [-0.05, 0) is 61.7 Å². The van der Waals surface area contributed by atoms with Crippen molar-refractivity contribution in [1.29, 1.82) is 0 Å². The lowest BCUT2D eigenvalue weighted by Gasteiger charge is -2.20. The average Bonchev–Trinajstić information content (AvgIpc) is 3.51. The summed E-state index contributed by atoms with van der Waals surface area (Å²) in [4.78, 5) is 24.1. The van der Waals surface area contributed by atoms with Crippen LogP contribution in [0.1, 0.15) is 28.1 Å². The van der Waals surface area contributed by atoms with Crippen LogP contribution in [0.2, 0.25) is 0 Å². The minimum Gasteiger partial charge on any atom is -0.480 e. The highest BCUT2D eigenvalue weighted by Gasteiger charge is 2.20. The second-order valence-corrected chi connectivity index (χ2v) is 9.24. The van der Waals surface area contributed by atoms with Gasteiger partial charge in [-0.2, -0.15) is 0 Å². The molecule has 2 heterocycles. The number of anilines is 2. The first-order valence-electron chi connectivity index (χ1n) is 12.1. The van der Waals surface area contributed by atoms with Crippen LogP contribution in [0.15, 0.2) is 67.0 Å². The number of aromatic amines is 1. The number of nitrogens with zero attached hydrogens (tertiary/aromatic N) is 4. The molecule has 188 valence electrons. The number of hydrogen-bond donors (Lipinski definition) is 4. The lowest BCUT2D eigenvalue weighted by molar-refractivity contribution is -0.137. The van der Waals surface area contributed by atoms with Crippen molar-refractivity contribution in [2.45, 2.75) is 39.8 Å². The summed E-state index contributed by atoms with van der Waals surface area (Å²) >= 11 is 0. The Bertz CT molecular complexity index is 1500. The van der Waals surface area contributed by atoms with Crippen LogP contribution in [0.25, 0.3) is 16.7 Å². The maximum atomic E-state index is 12.0. The molecule has 0 aliphatic heterocycles. The van der Waals surface area contributed by atoms with Crippen LogP contribution < -0.4 is 10.6 Å². The molecule has 4 N–H and O–H groups in total.